The van der Waals surface area contributed by atoms with E-state index in [1.54, 1.807) is 12.1 Å². The zero-order valence-corrected chi connectivity index (χ0v) is 11.2. The number of rotatable bonds is 2. The quantitative estimate of drug-likeness (QED) is 0.789. The molecule has 1 saturated carbocycles. The Bertz CT molecular complexity index is 450. The van der Waals surface area contributed by atoms with E-state index in [2.05, 4.69) is 20.8 Å². The third-order valence-corrected chi connectivity index (χ3v) is 4.29. The number of hydrogen-bond donors (Lipinski definition) is 2. The van der Waals surface area contributed by atoms with Gasteiger partial charge >= 0.3 is 5.97 Å². The molecule has 3 N–H and O–H groups in total. The van der Waals surface area contributed by atoms with Gasteiger partial charge in [-0.2, -0.15) is 0 Å². The summed E-state index contributed by atoms with van der Waals surface area (Å²) in [6.45, 7) is 6.52. The number of carbonyl (C=O) groups is 1. The first-order valence-corrected chi connectivity index (χ1v) is 6.35. The molecule has 0 unspecified atom stereocenters. The number of aliphatic carboxylic acids is 1. The summed E-state index contributed by atoms with van der Waals surface area (Å²) in [6.07, 6.45) is 1.44. The van der Waals surface area contributed by atoms with Gasteiger partial charge in [-0.3, -0.25) is 4.79 Å². The second kappa shape index (κ2) is 4.01. The molecule has 0 heterocycles. The molecule has 3 nitrogen and oxygen atoms in total. The lowest BCUT2D eigenvalue weighted by Crippen LogP contribution is -2.51. The zero-order chi connectivity index (χ0) is 13.6. The molecule has 2 rings (SSSR count). The van der Waals surface area contributed by atoms with Crippen molar-refractivity contribution < 1.29 is 9.90 Å². The highest BCUT2D eigenvalue weighted by atomic mass is 16.4. The van der Waals surface area contributed by atoms with Crippen LogP contribution >= 0.6 is 0 Å². The SMILES string of the molecule is CC(C)(C)C1CC(C(=O)O)(c2ccc(N)cc2)C1. The standard InChI is InChI=1S/C15H21NO2/c1-14(2,3)11-8-15(9-11,13(17)18)10-4-6-12(16)7-5-10/h4-7,11H,8-9,16H2,1-3H3,(H,17,18). The molecule has 0 saturated heterocycles. The number of hydrogen-bond acceptors (Lipinski definition) is 2. The van der Waals surface area contributed by atoms with Crippen LogP contribution in [0.5, 0.6) is 0 Å². The van der Waals surface area contributed by atoms with Crippen LogP contribution in [0, 0.1) is 11.3 Å². The highest BCUT2D eigenvalue weighted by molar-refractivity contribution is 5.83. The van der Waals surface area contributed by atoms with Crippen LogP contribution in [0.3, 0.4) is 0 Å². The molecule has 1 aliphatic carbocycles. The van der Waals surface area contributed by atoms with Gasteiger partial charge in [0.25, 0.3) is 0 Å². The number of benzene rings is 1. The Balaban J connectivity index is 2.27. The van der Waals surface area contributed by atoms with Crippen molar-refractivity contribution in [3.63, 3.8) is 0 Å². The highest BCUT2D eigenvalue weighted by Gasteiger charge is 2.54. The fraction of sp³-hybridized carbons (Fsp3) is 0.533. The Morgan fingerprint density at radius 2 is 1.78 bits per heavy atom. The summed E-state index contributed by atoms with van der Waals surface area (Å²) in [4.78, 5) is 11.6. The van der Waals surface area contributed by atoms with E-state index in [4.69, 9.17) is 5.73 Å². The first-order valence-electron chi connectivity index (χ1n) is 6.35. The van der Waals surface area contributed by atoms with E-state index >= 15 is 0 Å². The third-order valence-electron chi connectivity index (χ3n) is 4.29. The van der Waals surface area contributed by atoms with Crippen LogP contribution in [0.4, 0.5) is 5.69 Å². The summed E-state index contributed by atoms with van der Waals surface area (Å²) in [5.41, 5.74) is 6.68. The Kier molecular flexibility index (Phi) is 2.88. The van der Waals surface area contributed by atoms with Gasteiger partial charge in [0.1, 0.15) is 0 Å². The molecule has 98 valence electrons. The van der Waals surface area contributed by atoms with Crippen LogP contribution < -0.4 is 5.73 Å². The number of nitrogen functional groups attached to an aromatic ring is 1. The lowest BCUT2D eigenvalue weighted by atomic mass is 9.52. The first-order chi connectivity index (χ1) is 8.25. The summed E-state index contributed by atoms with van der Waals surface area (Å²) in [5.74, 6) is -0.251. The topological polar surface area (TPSA) is 63.3 Å². The smallest absolute Gasteiger partial charge is 0.314 e. The number of carboxylic acid groups (broad SMARTS) is 1. The molecule has 1 aromatic rings. The minimum atomic E-state index is -0.715. The lowest BCUT2D eigenvalue weighted by molar-refractivity contribution is -0.152. The van der Waals surface area contributed by atoms with Crippen LogP contribution in [0.25, 0.3) is 0 Å². The summed E-state index contributed by atoms with van der Waals surface area (Å²) in [5, 5.41) is 9.56. The minimum Gasteiger partial charge on any atom is -0.481 e. The molecule has 1 fully saturated rings. The molecule has 0 bridgehead atoms. The van der Waals surface area contributed by atoms with Crippen LogP contribution in [-0.2, 0) is 10.2 Å². The van der Waals surface area contributed by atoms with Gasteiger partial charge in [-0.15, -0.1) is 0 Å². The molecule has 0 atom stereocenters. The fourth-order valence-corrected chi connectivity index (χ4v) is 2.73. The average molecular weight is 247 g/mol. The van der Waals surface area contributed by atoms with E-state index in [0.29, 0.717) is 11.6 Å². The zero-order valence-electron chi connectivity index (χ0n) is 11.2. The van der Waals surface area contributed by atoms with Crippen molar-refractivity contribution >= 4 is 11.7 Å². The number of anilines is 1. The summed E-state index contributed by atoms with van der Waals surface area (Å²) >= 11 is 0. The number of nitrogens with two attached hydrogens (primary N) is 1. The Morgan fingerprint density at radius 1 is 1.28 bits per heavy atom. The molecule has 0 aliphatic heterocycles. The molecule has 0 radical (unpaired) electrons. The molecular formula is C15H21NO2. The van der Waals surface area contributed by atoms with Crippen molar-refractivity contribution in [1.29, 1.82) is 0 Å². The maximum atomic E-state index is 11.6. The van der Waals surface area contributed by atoms with Gasteiger partial charge in [0.15, 0.2) is 0 Å². The van der Waals surface area contributed by atoms with E-state index < -0.39 is 11.4 Å². The van der Waals surface area contributed by atoms with E-state index in [-0.39, 0.29) is 5.41 Å². The average Bonchev–Trinajstić information content (AvgIpc) is 2.16. The second-order valence-electron chi connectivity index (χ2n) is 6.48. The molecule has 18 heavy (non-hydrogen) atoms. The van der Waals surface area contributed by atoms with Gasteiger partial charge in [-0.1, -0.05) is 32.9 Å². The van der Waals surface area contributed by atoms with Crippen molar-refractivity contribution in [1.82, 2.24) is 0 Å². The predicted octanol–water partition coefficient (Wildman–Crippen LogP) is 3.05. The van der Waals surface area contributed by atoms with Crippen molar-refractivity contribution in [3.05, 3.63) is 29.8 Å². The minimum absolute atomic E-state index is 0.173. The molecule has 3 heteroatoms. The van der Waals surface area contributed by atoms with Crippen molar-refractivity contribution in [2.45, 2.75) is 39.0 Å². The fourth-order valence-electron chi connectivity index (χ4n) is 2.73. The lowest BCUT2D eigenvalue weighted by Gasteiger charge is -2.50. The molecule has 1 aromatic carbocycles. The first kappa shape index (κ1) is 12.9. The van der Waals surface area contributed by atoms with E-state index in [0.717, 1.165) is 18.4 Å². The number of carboxylic acids is 1. The van der Waals surface area contributed by atoms with Crippen LogP contribution in [-0.4, -0.2) is 11.1 Å². The van der Waals surface area contributed by atoms with E-state index in [9.17, 15) is 9.90 Å². The maximum absolute atomic E-state index is 11.6. The largest absolute Gasteiger partial charge is 0.481 e. The summed E-state index contributed by atoms with van der Waals surface area (Å²) < 4.78 is 0. The van der Waals surface area contributed by atoms with E-state index in [1.165, 1.54) is 0 Å². The van der Waals surface area contributed by atoms with Gasteiger partial charge in [-0.25, -0.2) is 0 Å². The van der Waals surface area contributed by atoms with Crippen molar-refractivity contribution in [3.8, 4) is 0 Å². The van der Waals surface area contributed by atoms with Crippen LogP contribution in [0.1, 0.15) is 39.2 Å². The van der Waals surface area contributed by atoms with E-state index in [1.807, 2.05) is 12.1 Å². The molecular weight excluding hydrogens is 226 g/mol. The van der Waals surface area contributed by atoms with Gasteiger partial charge in [0.05, 0.1) is 5.41 Å². The third kappa shape index (κ3) is 1.98. The van der Waals surface area contributed by atoms with Crippen LogP contribution in [0.15, 0.2) is 24.3 Å². The Labute approximate surface area is 108 Å². The normalized spacial score (nSPS) is 27.6. The predicted molar refractivity (Wildman–Crippen MR) is 72.3 cm³/mol. The molecule has 0 spiro atoms. The van der Waals surface area contributed by atoms with Gasteiger partial charge in [0, 0.05) is 5.69 Å². The van der Waals surface area contributed by atoms with Gasteiger partial charge in [-0.05, 0) is 41.9 Å². The van der Waals surface area contributed by atoms with Gasteiger partial charge in [0.2, 0.25) is 0 Å². The van der Waals surface area contributed by atoms with Crippen LogP contribution in [0.2, 0.25) is 0 Å². The molecule has 0 amide bonds. The monoisotopic (exact) mass is 247 g/mol. The maximum Gasteiger partial charge on any atom is 0.314 e. The Hall–Kier alpha value is -1.51. The summed E-state index contributed by atoms with van der Waals surface area (Å²) in [6, 6.07) is 7.26. The molecule has 0 aromatic heterocycles. The highest BCUT2D eigenvalue weighted by Crippen LogP contribution is 2.54. The van der Waals surface area contributed by atoms with Crippen molar-refractivity contribution in [2.24, 2.45) is 11.3 Å². The summed E-state index contributed by atoms with van der Waals surface area (Å²) in [7, 11) is 0. The second-order valence-corrected chi connectivity index (χ2v) is 6.48. The molecule has 1 aliphatic rings. The van der Waals surface area contributed by atoms with Gasteiger partial charge < -0.3 is 10.8 Å². The Morgan fingerprint density at radius 3 is 2.17 bits per heavy atom. The van der Waals surface area contributed by atoms with Crippen molar-refractivity contribution in [2.75, 3.05) is 5.73 Å².